The summed E-state index contributed by atoms with van der Waals surface area (Å²) in [7, 11) is 2.90. The largest absolute Gasteiger partial charge is 0.493 e. The molecule has 2 amide bonds. The molecule has 11 heteroatoms. The molecule has 0 aliphatic heterocycles. The average Bonchev–Trinajstić information content (AvgIpc) is 2.81. The molecule has 2 aromatic carbocycles. The second-order valence-corrected chi connectivity index (χ2v) is 7.43. The third kappa shape index (κ3) is 7.19. The minimum absolute atomic E-state index is 0.146. The summed E-state index contributed by atoms with van der Waals surface area (Å²) in [5.74, 6) is -1.03. The SMILES string of the molecule is COc1ccc(C(=O)NCC(=O)NC(CC(=O)OC(C)C)c2ccccc2[N+](=O)[O-])cc1OC. The van der Waals surface area contributed by atoms with Crippen LogP contribution in [0.2, 0.25) is 0 Å². The smallest absolute Gasteiger partial charge is 0.308 e. The van der Waals surface area contributed by atoms with E-state index in [1.165, 1.54) is 44.6 Å². The molecule has 0 aromatic heterocycles. The molecule has 2 N–H and O–H groups in total. The zero-order chi connectivity index (χ0) is 25.3. The van der Waals surface area contributed by atoms with Crippen LogP contribution < -0.4 is 20.1 Å². The van der Waals surface area contributed by atoms with Crippen molar-refractivity contribution in [1.29, 1.82) is 0 Å². The fourth-order valence-corrected chi connectivity index (χ4v) is 3.15. The summed E-state index contributed by atoms with van der Waals surface area (Å²) in [6.45, 7) is 2.91. The van der Waals surface area contributed by atoms with Gasteiger partial charge in [0.1, 0.15) is 0 Å². The van der Waals surface area contributed by atoms with Crippen LogP contribution in [-0.2, 0) is 14.3 Å². The molecule has 1 atom stereocenters. The molecule has 0 spiro atoms. The normalized spacial score (nSPS) is 11.3. The Morgan fingerprint density at radius 1 is 1.03 bits per heavy atom. The fraction of sp³-hybridized carbons (Fsp3) is 0.348. The van der Waals surface area contributed by atoms with Crippen molar-refractivity contribution in [3.63, 3.8) is 0 Å². The van der Waals surface area contributed by atoms with Gasteiger partial charge in [-0.2, -0.15) is 0 Å². The first kappa shape index (κ1) is 26.1. The fourth-order valence-electron chi connectivity index (χ4n) is 3.15. The van der Waals surface area contributed by atoms with Crippen LogP contribution in [0.25, 0.3) is 0 Å². The van der Waals surface area contributed by atoms with E-state index in [1.54, 1.807) is 26.0 Å². The molecule has 0 heterocycles. The molecule has 0 aliphatic carbocycles. The predicted molar refractivity (Wildman–Crippen MR) is 122 cm³/mol. The van der Waals surface area contributed by atoms with Crippen LogP contribution in [-0.4, -0.2) is 49.6 Å². The van der Waals surface area contributed by atoms with Gasteiger partial charge in [-0.3, -0.25) is 24.5 Å². The number of hydrogen-bond acceptors (Lipinski definition) is 8. The van der Waals surface area contributed by atoms with Gasteiger partial charge in [-0.15, -0.1) is 0 Å². The number of carbonyl (C=O) groups is 3. The number of hydrogen-bond donors (Lipinski definition) is 2. The molecule has 2 rings (SSSR count). The highest BCUT2D eigenvalue weighted by molar-refractivity contribution is 5.97. The number of esters is 1. The molecule has 0 saturated carbocycles. The van der Waals surface area contributed by atoms with Crippen LogP contribution in [0.3, 0.4) is 0 Å². The summed E-state index contributed by atoms with van der Waals surface area (Å²) in [4.78, 5) is 48.1. The van der Waals surface area contributed by atoms with Crippen LogP contribution in [0.4, 0.5) is 5.69 Å². The van der Waals surface area contributed by atoms with E-state index in [4.69, 9.17) is 14.2 Å². The number of para-hydroxylation sites is 1. The highest BCUT2D eigenvalue weighted by Gasteiger charge is 2.26. The highest BCUT2D eigenvalue weighted by Crippen LogP contribution is 2.28. The number of amides is 2. The lowest BCUT2D eigenvalue weighted by atomic mass is 10.0. The van der Waals surface area contributed by atoms with Gasteiger partial charge in [-0.05, 0) is 32.0 Å². The molecular formula is C23H27N3O8. The van der Waals surface area contributed by atoms with Crippen molar-refractivity contribution >= 4 is 23.5 Å². The number of ether oxygens (including phenoxy) is 3. The van der Waals surface area contributed by atoms with Crippen LogP contribution >= 0.6 is 0 Å². The van der Waals surface area contributed by atoms with Crippen molar-refractivity contribution < 1.29 is 33.5 Å². The summed E-state index contributed by atoms with van der Waals surface area (Å²) >= 11 is 0. The highest BCUT2D eigenvalue weighted by atomic mass is 16.6. The number of nitrogens with one attached hydrogen (secondary N) is 2. The van der Waals surface area contributed by atoms with E-state index in [0.29, 0.717) is 11.5 Å². The van der Waals surface area contributed by atoms with Crippen molar-refractivity contribution in [1.82, 2.24) is 10.6 Å². The lowest BCUT2D eigenvalue weighted by Gasteiger charge is -2.19. The van der Waals surface area contributed by atoms with Gasteiger partial charge in [0.2, 0.25) is 5.91 Å². The Kier molecular flexibility index (Phi) is 9.36. The molecule has 0 aliphatic rings. The zero-order valence-electron chi connectivity index (χ0n) is 19.3. The molecule has 182 valence electrons. The van der Waals surface area contributed by atoms with E-state index < -0.39 is 41.4 Å². The van der Waals surface area contributed by atoms with Crippen LogP contribution in [0.5, 0.6) is 11.5 Å². The van der Waals surface area contributed by atoms with Gasteiger partial charge in [0.25, 0.3) is 11.6 Å². The van der Waals surface area contributed by atoms with E-state index >= 15 is 0 Å². The lowest BCUT2D eigenvalue weighted by molar-refractivity contribution is -0.385. The number of nitro benzene ring substituents is 1. The maximum atomic E-state index is 12.6. The first-order valence-corrected chi connectivity index (χ1v) is 10.4. The molecular weight excluding hydrogens is 446 g/mol. The van der Waals surface area contributed by atoms with Gasteiger partial charge >= 0.3 is 5.97 Å². The molecule has 0 radical (unpaired) electrons. The van der Waals surface area contributed by atoms with Gasteiger partial charge in [0, 0.05) is 11.6 Å². The molecule has 1 unspecified atom stereocenters. The maximum absolute atomic E-state index is 12.6. The maximum Gasteiger partial charge on any atom is 0.308 e. The summed E-state index contributed by atoms with van der Waals surface area (Å²) in [5.41, 5.74) is 0.133. The minimum Gasteiger partial charge on any atom is -0.493 e. The third-order valence-corrected chi connectivity index (χ3v) is 4.64. The molecule has 2 aromatic rings. The summed E-state index contributed by atoms with van der Waals surface area (Å²) in [5, 5.41) is 16.5. The number of rotatable bonds is 11. The molecule has 34 heavy (non-hydrogen) atoms. The first-order chi connectivity index (χ1) is 16.2. The molecule has 0 saturated heterocycles. The minimum atomic E-state index is -1.03. The Morgan fingerprint density at radius 2 is 1.71 bits per heavy atom. The number of carbonyl (C=O) groups excluding carboxylic acids is 3. The predicted octanol–water partition coefficient (Wildman–Crippen LogP) is 2.54. The van der Waals surface area contributed by atoms with E-state index in [9.17, 15) is 24.5 Å². The van der Waals surface area contributed by atoms with Crippen molar-refractivity contribution in [3.05, 3.63) is 63.7 Å². The lowest BCUT2D eigenvalue weighted by Crippen LogP contribution is -2.39. The third-order valence-electron chi connectivity index (χ3n) is 4.64. The number of methoxy groups -OCH3 is 2. The van der Waals surface area contributed by atoms with Gasteiger partial charge in [0.05, 0.1) is 49.8 Å². The monoisotopic (exact) mass is 473 g/mol. The van der Waals surface area contributed by atoms with E-state index in [0.717, 1.165) is 0 Å². The van der Waals surface area contributed by atoms with Gasteiger partial charge in [-0.25, -0.2) is 0 Å². The molecule has 0 bridgehead atoms. The van der Waals surface area contributed by atoms with Crippen molar-refractivity contribution in [2.45, 2.75) is 32.4 Å². The van der Waals surface area contributed by atoms with E-state index in [-0.39, 0.29) is 23.2 Å². The Bertz CT molecular complexity index is 1050. The van der Waals surface area contributed by atoms with Crippen molar-refractivity contribution in [2.24, 2.45) is 0 Å². The molecule has 0 fully saturated rings. The Labute approximate surface area is 196 Å². The van der Waals surface area contributed by atoms with Crippen molar-refractivity contribution in [2.75, 3.05) is 20.8 Å². The average molecular weight is 473 g/mol. The topological polar surface area (TPSA) is 146 Å². The number of nitro groups is 1. The van der Waals surface area contributed by atoms with Crippen LogP contribution in [0, 0.1) is 10.1 Å². The zero-order valence-corrected chi connectivity index (χ0v) is 19.3. The van der Waals surface area contributed by atoms with E-state index in [1.807, 2.05) is 0 Å². The Hall–Kier alpha value is -4.15. The van der Waals surface area contributed by atoms with Crippen LogP contribution in [0.15, 0.2) is 42.5 Å². The summed E-state index contributed by atoms with van der Waals surface area (Å²) in [6.07, 6.45) is -0.714. The Balaban J connectivity index is 2.14. The van der Waals surface area contributed by atoms with E-state index in [2.05, 4.69) is 10.6 Å². The number of nitrogens with zero attached hydrogens (tertiary/aromatic N) is 1. The second kappa shape index (κ2) is 12.2. The first-order valence-electron chi connectivity index (χ1n) is 10.4. The summed E-state index contributed by atoms with van der Waals surface area (Å²) < 4.78 is 15.4. The van der Waals surface area contributed by atoms with Gasteiger partial charge in [0.15, 0.2) is 11.5 Å². The van der Waals surface area contributed by atoms with Crippen LogP contribution in [0.1, 0.15) is 42.2 Å². The van der Waals surface area contributed by atoms with Gasteiger partial charge < -0.3 is 24.8 Å². The Morgan fingerprint density at radius 3 is 2.32 bits per heavy atom. The van der Waals surface area contributed by atoms with Gasteiger partial charge in [-0.1, -0.05) is 18.2 Å². The summed E-state index contributed by atoms with van der Waals surface area (Å²) in [6, 6.07) is 9.27. The number of benzene rings is 2. The van der Waals surface area contributed by atoms with Crippen molar-refractivity contribution in [3.8, 4) is 11.5 Å². The second-order valence-electron chi connectivity index (χ2n) is 7.43. The quantitative estimate of drug-likeness (QED) is 0.288. The molecule has 11 nitrogen and oxygen atoms in total. The standard InChI is InChI=1S/C23H27N3O8/c1-14(2)34-22(28)12-17(16-7-5-6-8-18(16)26(30)31)25-21(27)13-24-23(29)15-9-10-19(32-3)20(11-15)33-4/h5-11,14,17H,12-13H2,1-4H3,(H,24,29)(H,25,27).